The second kappa shape index (κ2) is 6.51. The number of H-pyrrole nitrogens is 1. The molecule has 2 rings (SSSR count). The molecule has 0 amide bonds. The first-order valence-corrected chi connectivity index (χ1v) is 6.20. The highest BCUT2D eigenvalue weighted by Gasteiger charge is 2.26. The van der Waals surface area contributed by atoms with Crippen LogP contribution in [0.25, 0.3) is 0 Å². The molecule has 0 bridgehead atoms. The number of rotatable bonds is 2. The molecule has 1 fully saturated rings. The molecule has 0 saturated carbocycles. The van der Waals surface area contributed by atoms with Gasteiger partial charge in [-0.25, -0.2) is 4.79 Å². The minimum Gasteiger partial charge on any atom is -0.394 e. The smallest absolute Gasteiger partial charge is 0.330 e. The zero-order valence-corrected chi connectivity index (χ0v) is 11.0. The molecule has 18 heavy (non-hydrogen) atoms. The lowest BCUT2D eigenvalue weighted by Gasteiger charge is -2.14. The highest BCUT2D eigenvalue weighted by Crippen LogP contribution is 2.26. The molecule has 1 aromatic rings. The van der Waals surface area contributed by atoms with Crippen LogP contribution in [-0.4, -0.2) is 27.4 Å². The van der Waals surface area contributed by atoms with Crippen LogP contribution in [0.15, 0.2) is 15.8 Å². The maximum atomic E-state index is 11.5. The molecule has 2 heterocycles. The normalized spacial score (nSPS) is 22.4. The van der Waals surface area contributed by atoms with E-state index >= 15 is 0 Å². The van der Waals surface area contributed by atoms with Gasteiger partial charge in [-0.1, -0.05) is 13.8 Å². The van der Waals surface area contributed by atoms with E-state index in [0.29, 0.717) is 18.4 Å². The van der Waals surface area contributed by atoms with Crippen molar-refractivity contribution in [2.45, 2.75) is 45.9 Å². The number of aromatic nitrogens is 2. The van der Waals surface area contributed by atoms with Crippen molar-refractivity contribution in [1.82, 2.24) is 9.55 Å². The van der Waals surface area contributed by atoms with Crippen LogP contribution < -0.4 is 11.2 Å². The molecular weight excluding hydrogens is 236 g/mol. The lowest BCUT2D eigenvalue weighted by Crippen LogP contribution is -2.33. The molecule has 0 spiro atoms. The Kier molecular flexibility index (Phi) is 5.30. The number of nitrogens with one attached hydrogen (secondary N) is 1. The Morgan fingerprint density at radius 3 is 2.67 bits per heavy atom. The van der Waals surface area contributed by atoms with Crippen LogP contribution in [0.4, 0.5) is 0 Å². The maximum Gasteiger partial charge on any atom is 0.330 e. The average Bonchev–Trinajstić information content (AvgIpc) is 2.85. The molecule has 2 atom stereocenters. The Balaban J connectivity index is 0.000000771. The van der Waals surface area contributed by atoms with Gasteiger partial charge in [-0.3, -0.25) is 14.3 Å². The van der Waals surface area contributed by atoms with Crippen molar-refractivity contribution >= 4 is 0 Å². The summed E-state index contributed by atoms with van der Waals surface area (Å²) in [6, 6.07) is 0. The van der Waals surface area contributed by atoms with Gasteiger partial charge in [0, 0.05) is 11.8 Å². The molecule has 0 unspecified atom stereocenters. The molecule has 0 aliphatic carbocycles. The van der Waals surface area contributed by atoms with Gasteiger partial charge in [0.2, 0.25) is 0 Å². The fraction of sp³-hybridized carbons (Fsp3) is 0.667. The van der Waals surface area contributed by atoms with E-state index in [4.69, 9.17) is 9.84 Å². The highest BCUT2D eigenvalue weighted by atomic mass is 16.5. The van der Waals surface area contributed by atoms with Crippen LogP contribution in [0.5, 0.6) is 0 Å². The van der Waals surface area contributed by atoms with Crippen molar-refractivity contribution in [1.29, 1.82) is 0 Å². The van der Waals surface area contributed by atoms with Gasteiger partial charge in [0.15, 0.2) is 0 Å². The van der Waals surface area contributed by atoms with Gasteiger partial charge >= 0.3 is 5.69 Å². The summed E-state index contributed by atoms with van der Waals surface area (Å²) in [4.78, 5) is 24.9. The van der Waals surface area contributed by atoms with Crippen LogP contribution in [0.2, 0.25) is 0 Å². The molecule has 1 aromatic heterocycles. The van der Waals surface area contributed by atoms with Gasteiger partial charge in [-0.15, -0.1) is 0 Å². The second-order valence-corrected chi connectivity index (χ2v) is 3.95. The van der Waals surface area contributed by atoms with Crippen LogP contribution in [0.1, 0.15) is 38.5 Å². The van der Waals surface area contributed by atoms with Crippen molar-refractivity contribution in [3.63, 3.8) is 0 Å². The Bertz CT molecular complexity index is 492. The molecule has 6 nitrogen and oxygen atoms in total. The van der Waals surface area contributed by atoms with Crippen molar-refractivity contribution in [2.24, 2.45) is 0 Å². The molecular formula is C12H20N2O4. The number of aromatic amines is 1. The second-order valence-electron chi connectivity index (χ2n) is 3.95. The van der Waals surface area contributed by atoms with E-state index in [1.54, 1.807) is 6.92 Å². The third-order valence-corrected chi connectivity index (χ3v) is 2.74. The van der Waals surface area contributed by atoms with E-state index in [-0.39, 0.29) is 24.5 Å². The molecule has 1 saturated heterocycles. The minimum absolute atomic E-state index is 0.0480. The number of nitrogens with zero attached hydrogens (tertiary/aromatic N) is 1. The van der Waals surface area contributed by atoms with Gasteiger partial charge in [0.1, 0.15) is 6.23 Å². The maximum absolute atomic E-state index is 11.5. The number of ether oxygens (including phenoxy) is 1. The minimum atomic E-state index is -0.473. The van der Waals surface area contributed by atoms with E-state index in [1.165, 1.54) is 10.8 Å². The fourth-order valence-corrected chi connectivity index (χ4v) is 1.83. The Hall–Kier alpha value is -1.40. The summed E-state index contributed by atoms with van der Waals surface area (Å²) in [7, 11) is 0. The first-order valence-electron chi connectivity index (χ1n) is 6.20. The summed E-state index contributed by atoms with van der Waals surface area (Å²) in [6.45, 7) is 5.58. The monoisotopic (exact) mass is 256 g/mol. The van der Waals surface area contributed by atoms with Crippen molar-refractivity contribution in [3.05, 3.63) is 32.6 Å². The van der Waals surface area contributed by atoms with E-state index in [9.17, 15) is 9.59 Å². The van der Waals surface area contributed by atoms with Crippen molar-refractivity contribution in [3.8, 4) is 0 Å². The topological polar surface area (TPSA) is 84.3 Å². The fourth-order valence-electron chi connectivity index (χ4n) is 1.83. The lowest BCUT2D eigenvalue weighted by atomic mass is 10.2. The predicted molar refractivity (Wildman–Crippen MR) is 67.6 cm³/mol. The Morgan fingerprint density at radius 1 is 1.44 bits per heavy atom. The summed E-state index contributed by atoms with van der Waals surface area (Å²) in [5.41, 5.74) is -0.382. The van der Waals surface area contributed by atoms with Crippen LogP contribution in [0.3, 0.4) is 0 Å². The van der Waals surface area contributed by atoms with E-state index in [0.717, 1.165) is 0 Å². The summed E-state index contributed by atoms with van der Waals surface area (Å²) in [5, 5.41) is 8.93. The quantitative estimate of drug-likeness (QED) is 0.809. The van der Waals surface area contributed by atoms with Crippen molar-refractivity contribution in [2.75, 3.05) is 6.61 Å². The van der Waals surface area contributed by atoms with Gasteiger partial charge < -0.3 is 9.84 Å². The molecule has 1 aliphatic rings. The largest absolute Gasteiger partial charge is 0.394 e. The first kappa shape index (κ1) is 14.7. The number of aliphatic hydroxyl groups is 1. The molecule has 2 N–H and O–H groups in total. The van der Waals surface area contributed by atoms with E-state index < -0.39 is 5.69 Å². The standard InChI is InChI=1S/C10H14N2O4.C2H6/c1-6-4-12(10(15)11-9(6)14)8-3-2-7(5-13)16-8;1-2/h4,7-8,13H,2-3,5H2,1H3,(H,11,14,15);1-2H3/t7-,8+;/m0./s1. The Labute approximate surface area is 105 Å². The number of aliphatic hydroxyl groups excluding tert-OH is 1. The highest BCUT2D eigenvalue weighted by molar-refractivity contribution is 5.01. The van der Waals surface area contributed by atoms with Crippen LogP contribution in [0, 0.1) is 6.92 Å². The van der Waals surface area contributed by atoms with Gasteiger partial charge in [-0.05, 0) is 19.8 Å². The van der Waals surface area contributed by atoms with Crippen LogP contribution >= 0.6 is 0 Å². The SMILES string of the molecule is CC.Cc1cn([C@H]2CC[C@@H](CO)O2)c(=O)[nH]c1=O. The first-order chi connectivity index (χ1) is 8.61. The molecule has 0 aromatic carbocycles. The van der Waals surface area contributed by atoms with Crippen LogP contribution in [-0.2, 0) is 4.74 Å². The number of hydrogen-bond donors (Lipinski definition) is 2. The average molecular weight is 256 g/mol. The zero-order valence-electron chi connectivity index (χ0n) is 11.0. The summed E-state index contributed by atoms with van der Waals surface area (Å²) in [6.07, 6.45) is 2.26. The predicted octanol–water partition coefficient (Wildman–Crippen LogP) is 0.541. The third-order valence-electron chi connectivity index (χ3n) is 2.74. The molecule has 6 heteroatoms. The number of aryl methyl sites for hydroxylation is 1. The van der Waals surface area contributed by atoms with E-state index in [2.05, 4.69) is 4.98 Å². The summed E-state index contributed by atoms with van der Waals surface area (Å²) in [5.74, 6) is 0. The molecule has 1 aliphatic heterocycles. The van der Waals surface area contributed by atoms with Gasteiger partial charge in [0.05, 0.1) is 12.7 Å². The number of hydrogen-bond acceptors (Lipinski definition) is 4. The third kappa shape index (κ3) is 3.08. The zero-order chi connectivity index (χ0) is 13.7. The lowest BCUT2D eigenvalue weighted by molar-refractivity contribution is -0.0247. The molecule has 0 radical (unpaired) electrons. The molecule has 102 valence electrons. The van der Waals surface area contributed by atoms with Gasteiger partial charge in [-0.2, -0.15) is 0 Å². The van der Waals surface area contributed by atoms with Crippen molar-refractivity contribution < 1.29 is 9.84 Å². The summed E-state index contributed by atoms with van der Waals surface area (Å²) < 4.78 is 6.83. The van der Waals surface area contributed by atoms with E-state index in [1.807, 2.05) is 13.8 Å². The summed E-state index contributed by atoms with van der Waals surface area (Å²) >= 11 is 0. The van der Waals surface area contributed by atoms with Gasteiger partial charge in [0.25, 0.3) is 5.56 Å². The Morgan fingerprint density at radius 2 is 2.11 bits per heavy atom.